The van der Waals surface area contributed by atoms with E-state index in [1.807, 2.05) is 5.38 Å². The predicted octanol–water partition coefficient (Wildman–Crippen LogP) is 6.58. The van der Waals surface area contributed by atoms with Gasteiger partial charge in [-0.3, -0.25) is 4.79 Å². The van der Waals surface area contributed by atoms with Crippen molar-refractivity contribution < 1.29 is 18.0 Å². The average molecular weight is 520 g/mol. The topological polar surface area (TPSA) is 59.0 Å². The number of alkyl halides is 3. The number of rotatable bonds is 3. The van der Waals surface area contributed by atoms with Crippen LogP contribution >= 0.6 is 38.9 Å². The van der Waals surface area contributed by atoms with E-state index >= 15 is 0 Å². The molecule has 0 saturated heterocycles. The van der Waals surface area contributed by atoms with Gasteiger partial charge in [0.1, 0.15) is 5.82 Å². The first-order chi connectivity index (χ1) is 14.2. The summed E-state index contributed by atoms with van der Waals surface area (Å²) in [6.45, 7) is 1.73. The predicted molar refractivity (Wildman–Crippen MR) is 114 cm³/mol. The molecule has 158 valence electrons. The van der Waals surface area contributed by atoms with E-state index in [-0.39, 0.29) is 22.4 Å². The van der Waals surface area contributed by atoms with Gasteiger partial charge in [-0.1, -0.05) is 23.7 Å². The number of carbonyl (C=O) groups excluding carboxylic acids is 1. The Balaban J connectivity index is 1.71. The summed E-state index contributed by atoms with van der Waals surface area (Å²) in [6, 6.07) is 6.19. The lowest BCUT2D eigenvalue weighted by atomic mass is 10.0. The third-order valence-electron chi connectivity index (χ3n) is 4.91. The number of carbonyl (C=O) groups is 1. The van der Waals surface area contributed by atoms with E-state index < -0.39 is 24.2 Å². The van der Waals surface area contributed by atoms with E-state index in [9.17, 15) is 18.0 Å². The number of nitrogens with one attached hydrogen (secondary N) is 2. The van der Waals surface area contributed by atoms with Crippen molar-refractivity contribution in [3.05, 3.63) is 61.3 Å². The highest BCUT2D eigenvalue weighted by molar-refractivity contribution is 9.10. The fourth-order valence-corrected chi connectivity index (χ4v) is 4.86. The zero-order valence-corrected chi connectivity index (χ0v) is 18.6. The summed E-state index contributed by atoms with van der Waals surface area (Å²) >= 11 is 10.7. The molecule has 1 aromatic carbocycles. The van der Waals surface area contributed by atoms with E-state index in [0.717, 1.165) is 9.56 Å². The SMILES string of the molecule is Cc1c(Cl)cccc1NC(=O)c1nn2c(c1Br)N[C@H](c1cccs1)C[C@H]2C(F)(F)F. The number of hydrogen-bond acceptors (Lipinski definition) is 4. The monoisotopic (exact) mass is 518 g/mol. The van der Waals surface area contributed by atoms with Crippen LogP contribution in [0.1, 0.15) is 39.4 Å². The Morgan fingerprint density at radius 2 is 2.13 bits per heavy atom. The van der Waals surface area contributed by atoms with Gasteiger partial charge in [0.2, 0.25) is 0 Å². The van der Waals surface area contributed by atoms with Gasteiger partial charge in [0, 0.05) is 22.0 Å². The van der Waals surface area contributed by atoms with Gasteiger partial charge in [-0.05, 0) is 52.0 Å². The van der Waals surface area contributed by atoms with Crippen molar-refractivity contribution in [1.82, 2.24) is 9.78 Å². The number of benzene rings is 1. The fraction of sp³-hybridized carbons (Fsp3) is 0.263. The molecule has 2 N–H and O–H groups in total. The third-order valence-corrected chi connectivity index (χ3v) is 7.06. The molecule has 0 radical (unpaired) electrons. The van der Waals surface area contributed by atoms with Gasteiger partial charge in [-0.2, -0.15) is 18.3 Å². The number of hydrogen-bond donors (Lipinski definition) is 2. The van der Waals surface area contributed by atoms with Crippen LogP contribution in [0.3, 0.4) is 0 Å². The Hall–Kier alpha value is -2.04. The number of anilines is 2. The molecule has 3 heterocycles. The summed E-state index contributed by atoms with van der Waals surface area (Å²) in [7, 11) is 0. The number of amides is 1. The lowest BCUT2D eigenvalue weighted by Gasteiger charge is -2.33. The van der Waals surface area contributed by atoms with Gasteiger partial charge in [-0.15, -0.1) is 11.3 Å². The zero-order valence-electron chi connectivity index (χ0n) is 15.4. The van der Waals surface area contributed by atoms with Crippen molar-refractivity contribution in [2.75, 3.05) is 10.6 Å². The van der Waals surface area contributed by atoms with Crippen molar-refractivity contribution in [1.29, 1.82) is 0 Å². The molecule has 0 aliphatic carbocycles. The Kier molecular flexibility index (Phi) is 5.58. The fourth-order valence-electron chi connectivity index (χ4n) is 3.34. The molecular formula is C19H15BrClF3N4OS. The first-order valence-corrected chi connectivity index (χ1v) is 10.9. The van der Waals surface area contributed by atoms with Crippen LogP contribution in [0.4, 0.5) is 24.7 Å². The summed E-state index contributed by atoms with van der Waals surface area (Å²) in [6.07, 6.45) is -4.74. The number of aromatic nitrogens is 2. The molecule has 11 heteroatoms. The first-order valence-electron chi connectivity index (χ1n) is 8.88. The molecular weight excluding hydrogens is 505 g/mol. The Bertz CT molecular complexity index is 1100. The Labute approximate surface area is 187 Å². The molecule has 1 aliphatic heterocycles. The lowest BCUT2D eigenvalue weighted by molar-refractivity contribution is -0.173. The highest BCUT2D eigenvalue weighted by Crippen LogP contribution is 2.47. The van der Waals surface area contributed by atoms with Gasteiger partial charge >= 0.3 is 6.18 Å². The lowest BCUT2D eigenvalue weighted by Crippen LogP contribution is -2.35. The van der Waals surface area contributed by atoms with Crippen LogP contribution < -0.4 is 10.6 Å². The van der Waals surface area contributed by atoms with Crippen LogP contribution in [-0.2, 0) is 0 Å². The highest BCUT2D eigenvalue weighted by atomic mass is 79.9. The van der Waals surface area contributed by atoms with Crippen molar-refractivity contribution in [2.45, 2.75) is 31.6 Å². The number of halogens is 5. The van der Waals surface area contributed by atoms with E-state index in [1.165, 1.54) is 11.3 Å². The standard InChI is InChI=1S/C19H15BrClF3N4OS/c1-9-10(21)4-2-5-11(9)26-18(29)16-15(20)17-25-12(13-6-3-7-30-13)8-14(19(22,23)24)28(17)27-16/h2-7,12,14,25H,8H2,1H3,(H,26,29)/t12-,14-/m0/s1. The minimum atomic E-state index is -4.52. The molecule has 0 spiro atoms. The maximum absolute atomic E-state index is 13.8. The molecule has 0 bridgehead atoms. The van der Waals surface area contributed by atoms with E-state index in [2.05, 4.69) is 31.7 Å². The summed E-state index contributed by atoms with van der Waals surface area (Å²) in [5.41, 5.74) is 0.969. The summed E-state index contributed by atoms with van der Waals surface area (Å²) < 4.78 is 42.4. The first kappa shape index (κ1) is 21.2. The normalized spacial score (nSPS) is 18.6. The van der Waals surface area contributed by atoms with Gasteiger partial charge in [0.15, 0.2) is 11.7 Å². The second-order valence-electron chi connectivity index (χ2n) is 6.83. The molecule has 4 rings (SSSR count). The Morgan fingerprint density at radius 3 is 2.80 bits per heavy atom. The second-order valence-corrected chi connectivity index (χ2v) is 9.01. The second kappa shape index (κ2) is 7.90. The van der Waals surface area contributed by atoms with Crippen LogP contribution in [-0.4, -0.2) is 21.9 Å². The molecule has 2 atom stereocenters. The molecule has 5 nitrogen and oxygen atoms in total. The van der Waals surface area contributed by atoms with Crippen LogP contribution in [0.2, 0.25) is 5.02 Å². The molecule has 2 aromatic heterocycles. The van der Waals surface area contributed by atoms with Gasteiger partial charge in [0.05, 0.1) is 10.5 Å². The van der Waals surface area contributed by atoms with E-state index in [0.29, 0.717) is 16.3 Å². The van der Waals surface area contributed by atoms with Gasteiger partial charge in [0.25, 0.3) is 5.91 Å². The van der Waals surface area contributed by atoms with Gasteiger partial charge in [-0.25, -0.2) is 4.68 Å². The molecule has 0 unspecified atom stereocenters. The molecule has 1 aliphatic rings. The van der Waals surface area contributed by atoms with Crippen molar-refractivity contribution >= 4 is 56.3 Å². The minimum absolute atomic E-state index is 0.120. The largest absolute Gasteiger partial charge is 0.410 e. The quantitative estimate of drug-likeness (QED) is 0.411. The molecule has 0 fully saturated rings. The maximum atomic E-state index is 13.8. The third kappa shape index (κ3) is 3.83. The number of thiophene rings is 1. The number of fused-ring (bicyclic) bond motifs is 1. The number of nitrogens with zero attached hydrogens (tertiary/aromatic N) is 2. The van der Waals surface area contributed by atoms with Crippen molar-refractivity contribution in [2.24, 2.45) is 0 Å². The maximum Gasteiger partial charge on any atom is 0.410 e. The van der Waals surface area contributed by atoms with Crippen LogP contribution in [0, 0.1) is 6.92 Å². The van der Waals surface area contributed by atoms with E-state index in [1.54, 1.807) is 37.3 Å². The van der Waals surface area contributed by atoms with Crippen LogP contribution in [0.5, 0.6) is 0 Å². The zero-order chi connectivity index (χ0) is 21.6. The summed E-state index contributed by atoms with van der Waals surface area (Å²) in [5, 5.41) is 12.1. The average Bonchev–Trinajstić information content (AvgIpc) is 3.32. The summed E-state index contributed by atoms with van der Waals surface area (Å²) in [4.78, 5) is 13.6. The van der Waals surface area contributed by atoms with Crippen molar-refractivity contribution in [3.8, 4) is 0 Å². The highest BCUT2D eigenvalue weighted by Gasteiger charge is 2.48. The van der Waals surface area contributed by atoms with Crippen LogP contribution in [0.15, 0.2) is 40.2 Å². The smallest absolute Gasteiger partial charge is 0.362 e. The van der Waals surface area contributed by atoms with Crippen LogP contribution in [0.25, 0.3) is 0 Å². The minimum Gasteiger partial charge on any atom is -0.362 e. The Morgan fingerprint density at radius 1 is 1.37 bits per heavy atom. The molecule has 0 saturated carbocycles. The van der Waals surface area contributed by atoms with Gasteiger partial charge < -0.3 is 10.6 Å². The van der Waals surface area contributed by atoms with Crippen molar-refractivity contribution in [3.63, 3.8) is 0 Å². The molecule has 30 heavy (non-hydrogen) atoms. The molecule has 1 amide bonds. The van der Waals surface area contributed by atoms with E-state index in [4.69, 9.17) is 11.6 Å². The summed E-state index contributed by atoms with van der Waals surface area (Å²) in [5.74, 6) is -0.514. The molecule has 3 aromatic rings.